The summed E-state index contributed by atoms with van der Waals surface area (Å²) in [5, 5.41) is 32.4. The minimum absolute atomic E-state index is 0.0854. The number of nitrogens with two attached hydrogens (primary N) is 2. The number of nitrogens with one attached hydrogen (secondary N) is 2. The fourth-order valence-corrected chi connectivity index (χ4v) is 3.85. The fourth-order valence-electron chi connectivity index (χ4n) is 3.26. The summed E-state index contributed by atoms with van der Waals surface area (Å²) in [4.78, 5) is 72.3. The van der Waals surface area contributed by atoms with Gasteiger partial charge < -0.3 is 37.4 Å². The van der Waals surface area contributed by atoms with Crippen LogP contribution in [0.2, 0.25) is 0 Å². The largest absolute Gasteiger partial charge is 0.481 e. The van der Waals surface area contributed by atoms with E-state index in [-0.39, 0.29) is 37.2 Å². The maximum Gasteiger partial charge on any atom is 0.326 e. The lowest BCUT2D eigenvalue weighted by Crippen LogP contribution is -2.49. The molecule has 0 aromatic rings. The van der Waals surface area contributed by atoms with Crippen LogP contribution in [0.5, 0.6) is 0 Å². The number of thiol groups is 2. The van der Waals surface area contributed by atoms with Crippen molar-refractivity contribution in [3.63, 3.8) is 0 Å². The molecule has 13 nitrogen and oxygen atoms in total. The molecular weight excluding hydrogens is 528 g/mol. The molecule has 0 unspecified atom stereocenters. The van der Waals surface area contributed by atoms with Crippen LogP contribution in [-0.2, 0) is 28.8 Å². The maximum absolute atomic E-state index is 12.7. The zero-order chi connectivity index (χ0) is 28.5. The summed E-state index contributed by atoms with van der Waals surface area (Å²) in [6, 6.07) is -3.64. The van der Waals surface area contributed by atoms with Gasteiger partial charge in [0.05, 0.1) is 24.5 Å². The van der Waals surface area contributed by atoms with E-state index in [1.165, 1.54) is 0 Å². The molecule has 9 N–H and O–H groups in total. The molecule has 0 saturated heterocycles. The quantitative estimate of drug-likeness (QED) is 0.0564. The highest BCUT2D eigenvalue weighted by Crippen LogP contribution is 2.13. The van der Waals surface area contributed by atoms with Gasteiger partial charge >= 0.3 is 11.9 Å². The molecule has 0 aliphatic carbocycles. The summed E-state index contributed by atoms with van der Waals surface area (Å²) in [6.07, 6.45) is 0.0353. The molecule has 2 amide bonds. The van der Waals surface area contributed by atoms with Crippen LogP contribution in [-0.4, -0.2) is 93.4 Å². The summed E-state index contributed by atoms with van der Waals surface area (Å²) >= 11 is 8.12. The molecule has 37 heavy (non-hydrogen) atoms. The van der Waals surface area contributed by atoms with E-state index in [0.717, 1.165) is 0 Å². The third-order valence-corrected chi connectivity index (χ3v) is 6.49. The first kappa shape index (κ1) is 34.8. The molecule has 0 aromatic carbocycles. The molecule has 0 aromatic heterocycles. The molecule has 5 atom stereocenters. The Labute approximate surface area is 226 Å². The van der Waals surface area contributed by atoms with Crippen LogP contribution in [0.15, 0.2) is 0 Å². The Kier molecular flexibility index (Phi) is 17.8. The van der Waals surface area contributed by atoms with Gasteiger partial charge in [-0.3, -0.25) is 24.0 Å². The lowest BCUT2D eigenvalue weighted by atomic mass is 9.95. The molecule has 0 bridgehead atoms. The van der Waals surface area contributed by atoms with Crippen LogP contribution in [0.25, 0.3) is 0 Å². The van der Waals surface area contributed by atoms with E-state index in [9.17, 15) is 39.0 Å². The van der Waals surface area contributed by atoms with Crippen LogP contribution >= 0.6 is 25.3 Å². The Morgan fingerprint density at radius 2 is 1.30 bits per heavy atom. The van der Waals surface area contributed by atoms with Crippen molar-refractivity contribution in [1.82, 2.24) is 10.6 Å². The number of aliphatic carboxylic acids is 2. The number of Topliss-reactive ketones (excluding diaryl/α,β-unsaturated/α-hetero) is 2. The minimum Gasteiger partial charge on any atom is -0.481 e. The van der Waals surface area contributed by atoms with Gasteiger partial charge in [0.2, 0.25) is 11.8 Å². The Bertz CT molecular complexity index is 800. The van der Waals surface area contributed by atoms with E-state index in [2.05, 4.69) is 35.9 Å². The van der Waals surface area contributed by atoms with Crippen molar-refractivity contribution in [3.8, 4) is 0 Å². The SMILES string of the molecule is NCCCC[C@H](NC(=O)[C@H](CS)CC(=O)[C@H](CO)NC(=O)[C@H](CS)CC(=O)[C@@H](N)CCC(=O)O)C(=O)O. The summed E-state index contributed by atoms with van der Waals surface area (Å²) in [7, 11) is 0. The third-order valence-electron chi connectivity index (χ3n) is 5.61. The number of hydrogen-bond donors (Lipinski definition) is 9. The van der Waals surface area contributed by atoms with Crippen molar-refractivity contribution in [2.75, 3.05) is 24.7 Å². The number of carbonyl (C=O) groups excluding carboxylic acids is 4. The first-order chi connectivity index (χ1) is 17.4. The first-order valence-corrected chi connectivity index (χ1v) is 13.1. The number of amides is 2. The van der Waals surface area contributed by atoms with E-state index in [4.69, 9.17) is 16.6 Å². The molecule has 0 aliphatic rings. The van der Waals surface area contributed by atoms with Crippen LogP contribution in [0, 0.1) is 11.8 Å². The Morgan fingerprint density at radius 1 is 0.784 bits per heavy atom. The van der Waals surface area contributed by atoms with Crippen molar-refractivity contribution < 1.29 is 44.1 Å². The fraction of sp³-hybridized carbons (Fsp3) is 0.727. The minimum atomic E-state index is -1.39. The van der Waals surface area contributed by atoms with Gasteiger partial charge in [-0.25, -0.2) is 4.79 Å². The molecule has 0 radical (unpaired) electrons. The number of unbranched alkanes of at least 4 members (excludes halogenated alkanes) is 1. The average Bonchev–Trinajstić information content (AvgIpc) is 2.85. The number of carbonyl (C=O) groups is 6. The van der Waals surface area contributed by atoms with Crippen molar-refractivity contribution in [3.05, 3.63) is 0 Å². The number of carboxylic acids is 2. The van der Waals surface area contributed by atoms with Crippen LogP contribution in [0.3, 0.4) is 0 Å². The molecule has 212 valence electrons. The van der Waals surface area contributed by atoms with Crippen molar-refractivity contribution in [2.24, 2.45) is 23.3 Å². The third kappa shape index (κ3) is 13.8. The standard InChI is InChI=1S/C22H38N4O9S2/c23-6-2-1-3-15(22(34)35)25-20(32)13(11-37)8-18(29)16(9-27)26-21(33)12(10-36)7-17(28)14(24)4-5-19(30)31/h12-16,27,36-37H,1-11,23-24H2,(H,25,32)(H,26,33)(H,30,31)(H,34,35)/t12-,13-,14-,15-,16-/m0/s1. The summed E-state index contributed by atoms with van der Waals surface area (Å²) in [5.41, 5.74) is 11.1. The van der Waals surface area contributed by atoms with Crippen molar-refractivity contribution in [1.29, 1.82) is 0 Å². The predicted octanol–water partition coefficient (Wildman–Crippen LogP) is -1.64. The Balaban J connectivity index is 5.11. The smallest absolute Gasteiger partial charge is 0.326 e. The molecule has 0 spiro atoms. The van der Waals surface area contributed by atoms with Gasteiger partial charge in [-0.15, -0.1) is 0 Å². The van der Waals surface area contributed by atoms with Crippen LogP contribution in [0.1, 0.15) is 44.9 Å². The molecule has 0 rings (SSSR count). The van der Waals surface area contributed by atoms with Crippen LogP contribution in [0.4, 0.5) is 0 Å². The number of carboxylic acid groups (broad SMARTS) is 2. The van der Waals surface area contributed by atoms with Crippen LogP contribution < -0.4 is 22.1 Å². The van der Waals surface area contributed by atoms with Crippen molar-refractivity contribution >= 4 is 60.6 Å². The predicted molar refractivity (Wildman–Crippen MR) is 140 cm³/mol. The van der Waals surface area contributed by atoms with Crippen molar-refractivity contribution in [2.45, 2.75) is 63.1 Å². The second kappa shape index (κ2) is 19.0. The van der Waals surface area contributed by atoms with Gasteiger partial charge in [-0.05, 0) is 32.2 Å². The Morgan fingerprint density at radius 3 is 1.73 bits per heavy atom. The molecular formula is C22H38N4O9S2. The molecule has 15 heteroatoms. The van der Waals surface area contributed by atoms with Gasteiger partial charge in [-0.2, -0.15) is 25.3 Å². The van der Waals surface area contributed by atoms with E-state index in [1.807, 2.05) is 0 Å². The second-order valence-corrected chi connectivity index (χ2v) is 9.30. The summed E-state index contributed by atoms with van der Waals surface area (Å²) in [5.74, 6) is -7.25. The lowest BCUT2D eigenvalue weighted by Gasteiger charge is -2.23. The molecule has 0 aliphatic heterocycles. The summed E-state index contributed by atoms with van der Waals surface area (Å²) < 4.78 is 0. The molecule has 0 fully saturated rings. The number of hydrogen-bond acceptors (Lipinski definition) is 11. The lowest BCUT2D eigenvalue weighted by molar-refractivity contribution is -0.142. The average molecular weight is 567 g/mol. The number of rotatable bonds is 21. The molecule has 0 heterocycles. The number of ketones is 2. The summed E-state index contributed by atoms with van der Waals surface area (Å²) in [6.45, 7) is -0.407. The Hall–Kier alpha value is -2.20. The van der Waals surface area contributed by atoms with E-state index < -0.39 is 78.3 Å². The van der Waals surface area contributed by atoms with E-state index in [0.29, 0.717) is 19.4 Å². The molecule has 0 saturated carbocycles. The van der Waals surface area contributed by atoms with Gasteiger partial charge in [0.1, 0.15) is 17.9 Å². The number of aliphatic hydroxyl groups is 1. The highest BCUT2D eigenvalue weighted by molar-refractivity contribution is 7.80. The normalized spacial score (nSPS) is 15.1. The van der Waals surface area contributed by atoms with E-state index in [1.54, 1.807) is 0 Å². The van der Waals surface area contributed by atoms with Gasteiger partial charge in [0.15, 0.2) is 5.78 Å². The van der Waals surface area contributed by atoms with Gasteiger partial charge in [-0.1, -0.05) is 0 Å². The highest BCUT2D eigenvalue weighted by atomic mass is 32.1. The van der Waals surface area contributed by atoms with Gasteiger partial charge in [0.25, 0.3) is 0 Å². The maximum atomic E-state index is 12.7. The second-order valence-electron chi connectivity index (χ2n) is 8.57. The highest BCUT2D eigenvalue weighted by Gasteiger charge is 2.31. The zero-order valence-electron chi connectivity index (χ0n) is 20.5. The zero-order valence-corrected chi connectivity index (χ0v) is 22.3. The van der Waals surface area contributed by atoms with Gasteiger partial charge in [0, 0.05) is 30.8 Å². The first-order valence-electron chi connectivity index (χ1n) is 11.8. The topological polar surface area (TPSA) is 239 Å². The number of aliphatic hydroxyl groups excluding tert-OH is 1. The monoisotopic (exact) mass is 566 g/mol. The van der Waals surface area contributed by atoms with E-state index >= 15 is 0 Å².